The first kappa shape index (κ1) is 11.0. The number of pyridine rings is 1. The number of benzene rings is 1. The number of hydrogen-bond acceptors (Lipinski definition) is 3. The SMILES string of the molecule is CNc1cnc(N(C)C)c2ccc(Cl)cc12. The molecule has 3 nitrogen and oxygen atoms in total. The molecule has 0 aliphatic heterocycles. The number of nitrogens with one attached hydrogen (secondary N) is 1. The highest BCUT2D eigenvalue weighted by Crippen LogP contribution is 2.31. The Labute approximate surface area is 100 Å². The molecule has 4 heteroatoms. The first-order valence-corrected chi connectivity index (χ1v) is 5.44. The van der Waals surface area contributed by atoms with Crippen LogP contribution in [-0.2, 0) is 0 Å². The van der Waals surface area contributed by atoms with Crippen molar-refractivity contribution in [2.75, 3.05) is 31.4 Å². The zero-order valence-corrected chi connectivity index (χ0v) is 10.3. The highest BCUT2D eigenvalue weighted by atomic mass is 35.5. The van der Waals surface area contributed by atoms with Crippen LogP contribution in [0.5, 0.6) is 0 Å². The van der Waals surface area contributed by atoms with E-state index in [1.54, 1.807) is 0 Å². The number of fused-ring (bicyclic) bond motifs is 1. The number of aromatic nitrogens is 1. The minimum absolute atomic E-state index is 0.736. The molecule has 0 aliphatic carbocycles. The minimum Gasteiger partial charge on any atom is -0.386 e. The molecule has 0 saturated heterocycles. The van der Waals surface area contributed by atoms with E-state index in [4.69, 9.17) is 11.6 Å². The van der Waals surface area contributed by atoms with Crippen molar-refractivity contribution in [3.63, 3.8) is 0 Å². The summed E-state index contributed by atoms with van der Waals surface area (Å²) in [5.41, 5.74) is 0.989. The lowest BCUT2D eigenvalue weighted by Gasteiger charge is -2.16. The van der Waals surface area contributed by atoms with Gasteiger partial charge in [0.15, 0.2) is 0 Å². The maximum atomic E-state index is 6.02. The van der Waals surface area contributed by atoms with E-state index in [1.165, 1.54) is 0 Å². The maximum absolute atomic E-state index is 6.02. The molecule has 0 atom stereocenters. The van der Waals surface area contributed by atoms with Crippen molar-refractivity contribution in [3.05, 3.63) is 29.4 Å². The Morgan fingerprint density at radius 3 is 2.62 bits per heavy atom. The van der Waals surface area contributed by atoms with E-state index >= 15 is 0 Å². The summed E-state index contributed by atoms with van der Waals surface area (Å²) in [7, 11) is 5.84. The lowest BCUT2D eigenvalue weighted by molar-refractivity contribution is 1.08. The average Bonchev–Trinajstić information content (AvgIpc) is 2.27. The van der Waals surface area contributed by atoms with Gasteiger partial charge < -0.3 is 10.2 Å². The molecule has 84 valence electrons. The van der Waals surface area contributed by atoms with Gasteiger partial charge in [-0.25, -0.2) is 4.98 Å². The van der Waals surface area contributed by atoms with E-state index in [-0.39, 0.29) is 0 Å². The van der Waals surface area contributed by atoms with Crippen molar-refractivity contribution in [2.24, 2.45) is 0 Å². The summed E-state index contributed by atoms with van der Waals surface area (Å²) in [5, 5.41) is 6.05. The van der Waals surface area contributed by atoms with Crippen LogP contribution in [0.2, 0.25) is 5.02 Å². The number of nitrogens with zero attached hydrogens (tertiary/aromatic N) is 2. The van der Waals surface area contributed by atoms with Crippen LogP contribution >= 0.6 is 11.6 Å². The summed E-state index contributed by atoms with van der Waals surface area (Å²) in [5.74, 6) is 0.950. The highest BCUT2D eigenvalue weighted by molar-refractivity contribution is 6.31. The molecule has 1 N–H and O–H groups in total. The Morgan fingerprint density at radius 1 is 1.25 bits per heavy atom. The fourth-order valence-electron chi connectivity index (χ4n) is 1.75. The standard InChI is InChI=1S/C12H14ClN3/c1-14-11-7-15-12(16(2)3)9-5-4-8(13)6-10(9)11/h4-7,14H,1-3H3. The molecule has 0 radical (unpaired) electrons. The van der Waals surface area contributed by atoms with Gasteiger partial charge >= 0.3 is 0 Å². The normalized spacial score (nSPS) is 10.5. The van der Waals surface area contributed by atoms with Gasteiger partial charge in [-0.3, -0.25) is 0 Å². The first-order chi connectivity index (χ1) is 7.63. The summed E-state index contributed by atoms with van der Waals surface area (Å²) in [6.07, 6.45) is 1.83. The molecule has 0 saturated carbocycles. The van der Waals surface area contributed by atoms with Crippen molar-refractivity contribution in [1.29, 1.82) is 0 Å². The lowest BCUT2D eigenvalue weighted by atomic mass is 10.1. The Bertz CT molecular complexity index is 523. The number of rotatable bonds is 2. The van der Waals surface area contributed by atoms with Gasteiger partial charge in [-0.1, -0.05) is 11.6 Å². The first-order valence-electron chi connectivity index (χ1n) is 5.07. The molecule has 1 aromatic carbocycles. The highest BCUT2D eigenvalue weighted by Gasteiger charge is 2.08. The van der Waals surface area contributed by atoms with Gasteiger partial charge in [0.05, 0.1) is 11.9 Å². The fourth-order valence-corrected chi connectivity index (χ4v) is 1.93. The Balaban J connectivity index is 2.80. The maximum Gasteiger partial charge on any atom is 0.136 e. The van der Waals surface area contributed by atoms with Crippen molar-refractivity contribution in [1.82, 2.24) is 4.98 Å². The van der Waals surface area contributed by atoms with Gasteiger partial charge in [0.1, 0.15) is 5.82 Å². The molecule has 0 spiro atoms. The Morgan fingerprint density at radius 2 is 2.00 bits per heavy atom. The predicted octanol–water partition coefficient (Wildman–Crippen LogP) is 3.00. The smallest absolute Gasteiger partial charge is 0.136 e. The summed E-state index contributed by atoms with van der Waals surface area (Å²) in [6.45, 7) is 0. The van der Waals surface area contributed by atoms with E-state index in [2.05, 4.69) is 10.3 Å². The van der Waals surface area contributed by atoms with Crippen LogP contribution in [-0.4, -0.2) is 26.1 Å². The second kappa shape index (κ2) is 4.18. The number of anilines is 2. The minimum atomic E-state index is 0.736. The molecule has 0 unspecified atom stereocenters. The number of hydrogen-bond donors (Lipinski definition) is 1. The zero-order chi connectivity index (χ0) is 11.7. The second-order valence-electron chi connectivity index (χ2n) is 3.83. The zero-order valence-electron chi connectivity index (χ0n) is 9.58. The molecular formula is C12H14ClN3. The summed E-state index contributed by atoms with van der Waals surface area (Å²) in [4.78, 5) is 6.42. The average molecular weight is 236 g/mol. The van der Waals surface area contributed by atoms with E-state index in [1.807, 2.05) is 50.4 Å². The van der Waals surface area contributed by atoms with E-state index < -0.39 is 0 Å². The lowest BCUT2D eigenvalue weighted by Crippen LogP contribution is -2.11. The van der Waals surface area contributed by atoms with Crippen molar-refractivity contribution >= 4 is 33.9 Å². The molecule has 0 aliphatic rings. The molecule has 1 aromatic heterocycles. The van der Waals surface area contributed by atoms with Crippen LogP contribution in [0.15, 0.2) is 24.4 Å². The van der Waals surface area contributed by atoms with Gasteiger partial charge in [0, 0.05) is 36.9 Å². The Hall–Kier alpha value is -1.48. The van der Waals surface area contributed by atoms with E-state index in [0.717, 1.165) is 27.3 Å². The summed E-state index contributed by atoms with van der Waals surface area (Å²) in [6, 6.07) is 5.84. The third kappa shape index (κ3) is 1.78. The van der Waals surface area contributed by atoms with Gasteiger partial charge in [-0.15, -0.1) is 0 Å². The third-order valence-electron chi connectivity index (χ3n) is 2.52. The molecule has 0 bridgehead atoms. The predicted molar refractivity (Wildman–Crippen MR) is 70.6 cm³/mol. The van der Waals surface area contributed by atoms with E-state index in [9.17, 15) is 0 Å². The van der Waals surface area contributed by atoms with Crippen molar-refractivity contribution in [3.8, 4) is 0 Å². The van der Waals surface area contributed by atoms with Gasteiger partial charge in [-0.05, 0) is 18.2 Å². The molecule has 1 heterocycles. The van der Waals surface area contributed by atoms with Crippen LogP contribution in [0.4, 0.5) is 11.5 Å². The molecule has 2 aromatic rings. The molecule has 2 rings (SSSR count). The quantitative estimate of drug-likeness (QED) is 0.868. The molecule has 0 amide bonds. The fraction of sp³-hybridized carbons (Fsp3) is 0.250. The molecule has 16 heavy (non-hydrogen) atoms. The Kier molecular flexibility index (Phi) is 2.88. The summed E-state index contributed by atoms with van der Waals surface area (Å²) < 4.78 is 0. The summed E-state index contributed by atoms with van der Waals surface area (Å²) >= 11 is 6.02. The molecular weight excluding hydrogens is 222 g/mol. The topological polar surface area (TPSA) is 28.2 Å². The number of halogens is 1. The van der Waals surface area contributed by atoms with Crippen LogP contribution in [0.3, 0.4) is 0 Å². The van der Waals surface area contributed by atoms with E-state index in [0.29, 0.717) is 0 Å². The van der Waals surface area contributed by atoms with Crippen LogP contribution in [0.1, 0.15) is 0 Å². The van der Waals surface area contributed by atoms with Crippen molar-refractivity contribution in [2.45, 2.75) is 0 Å². The van der Waals surface area contributed by atoms with Crippen LogP contribution < -0.4 is 10.2 Å². The van der Waals surface area contributed by atoms with Gasteiger partial charge in [0.2, 0.25) is 0 Å². The van der Waals surface area contributed by atoms with Gasteiger partial charge in [0.25, 0.3) is 0 Å². The monoisotopic (exact) mass is 235 g/mol. The second-order valence-corrected chi connectivity index (χ2v) is 4.27. The van der Waals surface area contributed by atoms with Crippen molar-refractivity contribution < 1.29 is 0 Å². The van der Waals surface area contributed by atoms with Crippen LogP contribution in [0.25, 0.3) is 10.8 Å². The third-order valence-corrected chi connectivity index (χ3v) is 2.76. The molecule has 0 fully saturated rings. The van der Waals surface area contributed by atoms with Crippen LogP contribution in [0, 0.1) is 0 Å². The largest absolute Gasteiger partial charge is 0.386 e. The van der Waals surface area contributed by atoms with Gasteiger partial charge in [-0.2, -0.15) is 0 Å².